The van der Waals surface area contributed by atoms with Gasteiger partial charge >= 0.3 is 6.18 Å². The molecule has 31 heavy (non-hydrogen) atoms. The van der Waals surface area contributed by atoms with Crippen molar-refractivity contribution in [3.8, 4) is 0 Å². The number of thiazole rings is 1. The van der Waals surface area contributed by atoms with E-state index in [1.54, 1.807) is 30.1 Å². The highest BCUT2D eigenvalue weighted by molar-refractivity contribution is 7.07. The quantitative estimate of drug-likeness (QED) is 0.578. The third kappa shape index (κ3) is 3.05. The first kappa shape index (κ1) is 19.6. The van der Waals surface area contributed by atoms with Crippen LogP contribution in [-0.2, 0) is 17.6 Å². The molecule has 2 aliphatic rings. The molecular weight excluding hydrogens is 429 g/mol. The number of anilines is 2. The summed E-state index contributed by atoms with van der Waals surface area (Å²) in [6.07, 6.45) is -4.46. The van der Waals surface area contributed by atoms with Crippen molar-refractivity contribution in [3.05, 3.63) is 79.3 Å². The van der Waals surface area contributed by atoms with E-state index in [1.165, 1.54) is 15.5 Å². The Labute approximate surface area is 177 Å². The Morgan fingerprint density at radius 2 is 1.84 bits per heavy atom. The molecule has 0 spiro atoms. The fourth-order valence-corrected chi connectivity index (χ4v) is 4.85. The molecule has 0 saturated heterocycles. The predicted molar refractivity (Wildman–Crippen MR) is 111 cm³/mol. The van der Waals surface area contributed by atoms with Gasteiger partial charge in [-0.2, -0.15) is 13.2 Å². The lowest BCUT2D eigenvalue weighted by Crippen LogP contribution is -2.43. The van der Waals surface area contributed by atoms with Crippen LogP contribution in [0.25, 0.3) is 5.57 Å². The van der Waals surface area contributed by atoms with Crippen LogP contribution in [0.3, 0.4) is 0 Å². The van der Waals surface area contributed by atoms with Crippen LogP contribution in [0.4, 0.5) is 24.5 Å². The van der Waals surface area contributed by atoms with E-state index in [0.29, 0.717) is 21.6 Å². The molecule has 0 unspecified atom stereocenters. The molecule has 0 aliphatic carbocycles. The number of alkyl halides is 3. The SMILES string of the molecule is CN1C(=O)/C(=c2\sc3n(c2=O)CN(c2cccc(C(F)(F)F)c2)CN=3)c2ccccc21. The van der Waals surface area contributed by atoms with Crippen LogP contribution < -0.4 is 24.7 Å². The van der Waals surface area contributed by atoms with Crippen molar-refractivity contribution in [2.75, 3.05) is 23.5 Å². The molecule has 1 aromatic heterocycles. The Kier molecular flexibility index (Phi) is 4.30. The van der Waals surface area contributed by atoms with Crippen molar-refractivity contribution < 1.29 is 18.0 Å². The normalized spacial score (nSPS) is 17.5. The summed E-state index contributed by atoms with van der Waals surface area (Å²) < 4.78 is 40.9. The summed E-state index contributed by atoms with van der Waals surface area (Å²) in [6, 6.07) is 12.1. The van der Waals surface area contributed by atoms with Gasteiger partial charge in [-0.3, -0.25) is 14.2 Å². The van der Waals surface area contributed by atoms with Gasteiger partial charge in [-0.15, -0.1) is 0 Å². The number of aromatic nitrogens is 1. The maximum atomic E-state index is 13.2. The van der Waals surface area contributed by atoms with Gasteiger partial charge in [0.25, 0.3) is 11.5 Å². The van der Waals surface area contributed by atoms with Crippen LogP contribution in [-0.4, -0.2) is 24.2 Å². The van der Waals surface area contributed by atoms with E-state index in [2.05, 4.69) is 4.99 Å². The smallest absolute Gasteiger partial charge is 0.334 e. The second kappa shape index (κ2) is 6.81. The lowest BCUT2D eigenvalue weighted by molar-refractivity contribution is -0.137. The van der Waals surface area contributed by atoms with Crippen LogP contribution in [0, 0.1) is 0 Å². The molecule has 0 fully saturated rings. The number of hydrogen-bond acceptors (Lipinski definition) is 5. The number of carbonyl (C=O) groups excluding carboxylic acids is 1. The van der Waals surface area contributed by atoms with Gasteiger partial charge in [0.2, 0.25) is 0 Å². The Morgan fingerprint density at radius 3 is 2.61 bits per heavy atom. The van der Waals surface area contributed by atoms with Gasteiger partial charge in [-0.05, 0) is 24.3 Å². The summed E-state index contributed by atoms with van der Waals surface area (Å²) in [5.41, 5.74) is 0.908. The third-order valence-electron chi connectivity index (χ3n) is 5.37. The zero-order chi connectivity index (χ0) is 21.9. The highest BCUT2D eigenvalue weighted by Crippen LogP contribution is 2.34. The average Bonchev–Trinajstić information content (AvgIpc) is 3.21. The Hall–Kier alpha value is -3.40. The Bertz CT molecular complexity index is 1410. The van der Waals surface area contributed by atoms with E-state index in [4.69, 9.17) is 0 Å². The van der Waals surface area contributed by atoms with Gasteiger partial charge in [0.05, 0.1) is 16.8 Å². The number of rotatable bonds is 1. The van der Waals surface area contributed by atoms with Crippen LogP contribution in [0.5, 0.6) is 0 Å². The summed E-state index contributed by atoms with van der Waals surface area (Å²) in [5.74, 6) is -0.271. The van der Waals surface area contributed by atoms with Gasteiger partial charge in [0.1, 0.15) is 17.9 Å². The van der Waals surface area contributed by atoms with Crippen molar-refractivity contribution in [1.82, 2.24) is 4.57 Å². The van der Waals surface area contributed by atoms with E-state index in [0.717, 1.165) is 29.2 Å². The molecule has 0 bridgehead atoms. The van der Waals surface area contributed by atoms with Crippen LogP contribution in [0.1, 0.15) is 11.1 Å². The van der Waals surface area contributed by atoms with Gasteiger partial charge in [-0.25, -0.2) is 4.99 Å². The molecule has 1 amide bonds. The minimum Gasteiger partial charge on any atom is -0.334 e. The second-order valence-corrected chi connectivity index (χ2v) is 8.21. The number of benzene rings is 2. The van der Waals surface area contributed by atoms with E-state index >= 15 is 0 Å². The van der Waals surface area contributed by atoms with Crippen LogP contribution in [0.15, 0.2) is 58.3 Å². The zero-order valence-corrected chi connectivity index (χ0v) is 17.0. The molecule has 2 aromatic carbocycles. The molecule has 158 valence electrons. The van der Waals surface area contributed by atoms with Gasteiger partial charge in [0, 0.05) is 18.3 Å². The van der Waals surface area contributed by atoms with E-state index < -0.39 is 11.7 Å². The maximum absolute atomic E-state index is 13.2. The van der Waals surface area contributed by atoms with E-state index in [-0.39, 0.29) is 29.3 Å². The Morgan fingerprint density at radius 1 is 1.06 bits per heavy atom. The summed E-state index contributed by atoms with van der Waals surface area (Å²) in [7, 11) is 1.65. The van der Waals surface area contributed by atoms with Gasteiger partial charge in [-0.1, -0.05) is 35.6 Å². The van der Waals surface area contributed by atoms with Crippen molar-refractivity contribution in [2.45, 2.75) is 12.8 Å². The first-order valence-corrected chi connectivity index (χ1v) is 10.2. The molecule has 3 heterocycles. The zero-order valence-electron chi connectivity index (χ0n) is 16.2. The van der Waals surface area contributed by atoms with Crippen molar-refractivity contribution in [2.24, 2.45) is 4.99 Å². The standard InChI is InChI=1S/C21H15F3N4O2S/c1-26-15-8-3-2-7-14(15)16(18(26)29)17-19(30)28-11-27(10-25-20(28)31-17)13-6-4-5-12(9-13)21(22,23)24/h2-9H,10-11H2,1H3/b17-16-. The molecule has 5 rings (SSSR count). The molecule has 6 nitrogen and oxygen atoms in total. The molecule has 3 aromatic rings. The predicted octanol–water partition coefficient (Wildman–Crippen LogP) is 2.16. The topological polar surface area (TPSA) is 57.9 Å². The first-order chi connectivity index (χ1) is 14.8. The number of fused-ring (bicyclic) bond motifs is 2. The molecule has 0 saturated carbocycles. The van der Waals surface area contributed by atoms with E-state index in [9.17, 15) is 22.8 Å². The molecule has 2 aliphatic heterocycles. The van der Waals surface area contributed by atoms with Crippen molar-refractivity contribution in [3.63, 3.8) is 0 Å². The summed E-state index contributed by atoms with van der Waals surface area (Å²) in [5, 5.41) is 0. The molecule has 0 N–H and O–H groups in total. The van der Waals surface area contributed by atoms with Crippen LogP contribution >= 0.6 is 11.3 Å². The number of hydrogen-bond donors (Lipinski definition) is 0. The fourth-order valence-electron chi connectivity index (χ4n) is 3.79. The highest BCUT2D eigenvalue weighted by Gasteiger charge is 2.33. The van der Waals surface area contributed by atoms with E-state index in [1.807, 2.05) is 12.1 Å². The average molecular weight is 444 g/mol. The third-order valence-corrected chi connectivity index (χ3v) is 6.49. The van der Waals surface area contributed by atoms with Crippen molar-refractivity contribution in [1.29, 1.82) is 0 Å². The molecule has 0 atom stereocenters. The lowest BCUT2D eigenvalue weighted by atomic mass is 10.1. The highest BCUT2D eigenvalue weighted by atomic mass is 32.1. The maximum Gasteiger partial charge on any atom is 0.416 e. The minimum absolute atomic E-state index is 0.0500. The number of nitrogens with zero attached hydrogens (tertiary/aromatic N) is 4. The minimum atomic E-state index is -4.46. The van der Waals surface area contributed by atoms with Crippen molar-refractivity contribution >= 4 is 34.2 Å². The Balaban J connectivity index is 1.61. The number of likely N-dealkylation sites (N-methyl/N-ethyl adjacent to an activating group) is 1. The van der Waals surface area contributed by atoms with Gasteiger partial charge in [0.15, 0.2) is 4.80 Å². The summed E-state index contributed by atoms with van der Waals surface area (Å²) >= 11 is 1.13. The van der Waals surface area contributed by atoms with Gasteiger partial charge < -0.3 is 9.80 Å². The number of halogens is 3. The van der Waals surface area contributed by atoms with Crippen LogP contribution in [0.2, 0.25) is 0 Å². The first-order valence-electron chi connectivity index (χ1n) is 9.34. The largest absolute Gasteiger partial charge is 0.416 e. The number of para-hydroxylation sites is 1. The summed E-state index contributed by atoms with van der Waals surface area (Å²) in [4.78, 5) is 33.9. The number of amides is 1. The molecular formula is C21H15F3N4O2S. The second-order valence-electron chi connectivity index (χ2n) is 7.23. The summed E-state index contributed by atoms with van der Waals surface area (Å²) in [6.45, 7) is 0.162. The lowest BCUT2D eigenvalue weighted by Gasteiger charge is -2.26. The molecule has 0 radical (unpaired) electrons. The fraction of sp³-hybridized carbons (Fsp3) is 0.190. The monoisotopic (exact) mass is 444 g/mol. The number of carbonyl (C=O) groups is 1. The molecule has 10 heteroatoms.